The third-order valence-electron chi connectivity index (χ3n) is 1.42. The summed E-state index contributed by atoms with van der Waals surface area (Å²) >= 11 is 0. The van der Waals surface area contributed by atoms with E-state index in [-0.39, 0.29) is 12.8 Å². The van der Waals surface area contributed by atoms with Crippen LogP contribution < -0.4 is 0 Å². The highest BCUT2D eigenvalue weighted by atomic mass is 19.1. The summed E-state index contributed by atoms with van der Waals surface area (Å²) in [5.74, 6) is -1.53. The van der Waals surface area contributed by atoms with Crippen molar-refractivity contribution in [3.63, 3.8) is 0 Å². The molecule has 0 aromatic rings. The van der Waals surface area contributed by atoms with Crippen LogP contribution in [-0.2, 0) is 9.53 Å². The van der Waals surface area contributed by atoms with E-state index >= 15 is 0 Å². The van der Waals surface area contributed by atoms with Crippen molar-refractivity contribution in [2.75, 3.05) is 7.11 Å². The Kier molecular flexibility index (Phi) is 5.59. The number of esters is 1. The molecular weight excluding hydrogens is 175 g/mol. The van der Waals surface area contributed by atoms with Crippen molar-refractivity contribution < 1.29 is 19.0 Å². The average Bonchev–Trinajstić information content (AvgIpc) is 2.15. The molecule has 0 saturated carbocycles. The fraction of sp³-hybridized carbons (Fsp3) is 0.444. The fourth-order valence-corrected chi connectivity index (χ4v) is 0.661. The topological polar surface area (TPSA) is 46.5 Å². The van der Waals surface area contributed by atoms with Crippen molar-refractivity contribution in [1.82, 2.24) is 0 Å². The SMILES string of the molecule is C/C=C(O)\C(F)=C/CCC(=O)OC. The lowest BCUT2D eigenvalue weighted by atomic mass is 10.2. The molecule has 13 heavy (non-hydrogen) atoms. The number of halogens is 1. The Balaban J connectivity index is 3.92. The number of carbonyl (C=O) groups excluding carboxylic acids is 1. The van der Waals surface area contributed by atoms with Gasteiger partial charge in [-0.05, 0) is 25.5 Å². The van der Waals surface area contributed by atoms with E-state index in [4.69, 9.17) is 5.11 Å². The number of allylic oxidation sites excluding steroid dienone is 3. The lowest BCUT2D eigenvalue weighted by Crippen LogP contribution is -1.98. The van der Waals surface area contributed by atoms with Gasteiger partial charge in [0.2, 0.25) is 0 Å². The molecule has 0 aromatic heterocycles. The van der Waals surface area contributed by atoms with Gasteiger partial charge in [-0.15, -0.1) is 0 Å². The molecule has 74 valence electrons. The van der Waals surface area contributed by atoms with Crippen LogP contribution in [0.1, 0.15) is 19.8 Å². The van der Waals surface area contributed by atoms with Gasteiger partial charge in [0, 0.05) is 6.42 Å². The Bertz CT molecular complexity index is 231. The molecule has 0 heterocycles. The zero-order valence-corrected chi connectivity index (χ0v) is 7.71. The van der Waals surface area contributed by atoms with Crippen LogP contribution in [-0.4, -0.2) is 18.2 Å². The molecule has 0 saturated heterocycles. The molecule has 0 amide bonds. The zero-order valence-electron chi connectivity index (χ0n) is 7.71. The van der Waals surface area contributed by atoms with Gasteiger partial charge in [0.1, 0.15) is 5.76 Å². The van der Waals surface area contributed by atoms with Crippen molar-refractivity contribution in [2.45, 2.75) is 19.8 Å². The Labute approximate surface area is 76.5 Å². The lowest BCUT2D eigenvalue weighted by molar-refractivity contribution is -0.140. The molecule has 3 nitrogen and oxygen atoms in total. The van der Waals surface area contributed by atoms with Crippen LogP contribution in [0.4, 0.5) is 4.39 Å². The molecule has 0 radical (unpaired) electrons. The third kappa shape index (κ3) is 5.00. The van der Waals surface area contributed by atoms with Crippen LogP contribution in [0.5, 0.6) is 0 Å². The molecule has 0 spiro atoms. The Morgan fingerprint density at radius 1 is 1.62 bits per heavy atom. The monoisotopic (exact) mass is 188 g/mol. The van der Waals surface area contributed by atoms with Crippen LogP contribution in [0.25, 0.3) is 0 Å². The minimum Gasteiger partial charge on any atom is -0.505 e. The largest absolute Gasteiger partial charge is 0.505 e. The first-order chi connectivity index (χ1) is 6.11. The van der Waals surface area contributed by atoms with Crippen LogP contribution in [0, 0.1) is 0 Å². The molecule has 0 bridgehead atoms. The highest BCUT2D eigenvalue weighted by molar-refractivity contribution is 5.69. The number of hydrogen-bond donors (Lipinski definition) is 1. The van der Waals surface area contributed by atoms with Crippen LogP contribution >= 0.6 is 0 Å². The Hall–Kier alpha value is -1.32. The standard InChI is InChI=1S/C9H13FO3/c1-3-8(11)7(10)5-4-6-9(12)13-2/h3,5,11H,4,6H2,1-2H3/b7-5+,8-3+. The van der Waals surface area contributed by atoms with E-state index in [2.05, 4.69) is 4.74 Å². The maximum Gasteiger partial charge on any atom is 0.305 e. The summed E-state index contributed by atoms with van der Waals surface area (Å²) < 4.78 is 17.1. The number of methoxy groups -OCH3 is 1. The second-order valence-electron chi connectivity index (χ2n) is 2.34. The zero-order chi connectivity index (χ0) is 10.3. The lowest BCUT2D eigenvalue weighted by Gasteiger charge is -1.96. The highest BCUT2D eigenvalue weighted by Crippen LogP contribution is 2.09. The molecule has 0 fully saturated rings. The quantitative estimate of drug-likeness (QED) is 0.418. The average molecular weight is 188 g/mol. The summed E-state index contributed by atoms with van der Waals surface area (Å²) in [5.41, 5.74) is 0. The van der Waals surface area contributed by atoms with Gasteiger partial charge in [-0.2, -0.15) is 0 Å². The number of ether oxygens (including phenoxy) is 1. The molecule has 0 aromatic carbocycles. The second-order valence-corrected chi connectivity index (χ2v) is 2.34. The van der Waals surface area contributed by atoms with Crippen molar-refractivity contribution >= 4 is 5.97 Å². The summed E-state index contributed by atoms with van der Waals surface area (Å²) in [7, 11) is 1.27. The van der Waals surface area contributed by atoms with Gasteiger partial charge in [0.15, 0.2) is 5.83 Å². The van der Waals surface area contributed by atoms with Gasteiger partial charge < -0.3 is 9.84 Å². The molecule has 1 N–H and O–H groups in total. The predicted molar refractivity (Wildman–Crippen MR) is 46.8 cm³/mol. The van der Waals surface area contributed by atoms with Gasteiger partial charge >= 0.3 is 5.97 Å². The van der Waals surface area contributed by atoms with Crippen LogP contribution in [0.2, 0.25) is 0 Å². The smallest absolute Gasteiger partial charge is 0.305 e. The van der Waals surface area contributed by atoms with Gasteiger partial charge in [0.05, 0.1) is 7.11 Å². The molecule has 0 atom stereocenters. The number of carbonyl (C=O) groups is 1. The molecule has 0 unspecified atom stereocenters. The number of rotatable bonds is 4. The van der Waals surface area contributed by atoms with Crippen LogP contribution in [0.15, 0.2) is 23.7 Å². The van der Waals surface area contributed by atoms with Gasteiger partial charge in [-0.1, -0.05) is 0 Å². The third-order valence-corrected chi connectivity index (χ3v) is 1.42. The van der Waals surface area contributed by atoms with Crippen molar-refractivity contribution in [3.8, 4) is 0 Å². The summed E-state index contributed by atoms with van der Waals surface area (Å²) in [6, 6.07) is 0. The van der Waals surface area contributed by atoms with E-state index in [1.807, 2.05) is 0 Å². The minimum absolute atomic E-state index is 0.112. The molecule has 0 aliphatic heterocycles. The second kappa shape index (κ2) is 6.22. The summed E-state index contributed by atoms with van der Waals surface area (Å²) in [5, 5.41) is 8.85. The van der Waals surface area contributed by atoms with E-state index in [0.29, 0.717) is 0 Å². The van der Waals surface area contributed by atoms with E-state index in [1.165, 1.54) is 20.1 Å². The van der Waals surface area contributed by atoms with Crippen molar-refractivity contribution in [3.05, 3.63) is 23.7 Å². The minimum atomic E-state index is -0.716. The number of hydrogen-bond acceptors (Lipinski definition) is 3. The van der Waals surface area contributed by atoms with E-state index in [1.54, 1.807) is 0 Å². The molecular formula is C9H13FO3. The van der Waals surface area contributed by atoms with Crippen LogP contribution in [0.3, 0.4) is 0 Å². The summed E-state index contributed by atoms with van der Waals surface area (Å²) in [6.07, 6.45) is 2.72. The molecule has 0 aliphatic carbocycles. The number of aliphatic hydroxyl groups is 1. The highest BCUT2D eigenvalue weighted by Gasteiger charge is 2.01. The van der Waals surface area contributed by atoms with Crippen molar-refractivity contribution in [2.24, 2.45) is 0 Å². The first-order valence-corrected chi connectivity index (χ1v) is 3.90. The molecule has 0 rings (SSSR count). The summed E-state index contributed by atoms with van der Waals surface area (Å²) in [6.45, 7) is 1.52. The van der Waals surface area contributed by atoms with Gasteiger partial charge in [-0.25, -0.2) is 4.39 Å². The first kappa shape index (κ1) is 11.7. The predicted octanol–water partition coefficient (Wildman–Crippen LogP) is 2.25. The number of aliphatic hydroxyl groups excluding tert-OH is 1. The molecule has 0 aliphatic rings. The maximum atomic E-state index is 12.7. The maximum absolute atomic E-state index is 12.7. The van der Waals surface area contributed by atoms with Gasteiger partial charge in [0.25, 0.3) is 0 Å². The van der Waals surface area contributed by atoms with Crippen molar-refractivity contribution in [1.29, 1.82) is 0 Å². The first-order valence-electron chi connectivity index (χ1n) is 3.90. The Morgan fingerprint density at radius 3 is 2.69 bits per heavy atom. The van der Waals surface area contributed by atoms with E-state index < -0.39 is 17.6 Å². The van der Waals surface area contributed by atoms with E-state index in [9.17, 15) is 9.18 Å². The fourth-order valence-electron chi connectivity index (χ4n) is 0.661. The van der Waals surface area contributed by atoms with Gasteiger partial charge in [-0.3, -0.25) is 4.79 Å². The summed E-state index contributed by atoms with van der Waals surface area (Å²) in [4.78, 5) is 10.6. The Morgan fingerprint density at radius 2 is 2.23 bits per heavy atom. The normalized spacial score (nSPS) is 12.8. The van der Waals surface area contributed by atoms with E-state index in [0.717, 1.165) is 6.08 Å². The molecule has 4 heteroatoms.